The van der Waals surface area contributed by atoms with Crippen molar-refractivity contribution in [1.29, 1.82) is 0 Å². The van der Waals surface area contributed by atoms with Gasteiger partial charge in [-0.3, -0.25) is 9.69 Å². The monoisotopic (exact) mass is 448 g/mol. The maximum atomic E-state index is 12.2. The van der Waals surface area contributed by atoms with Gasteiger partial charge in [-0.1, -0.05) is 24.3 Å². The fraction of sp³-hybridized carbons (Fsp3) is 0.458. The second-order valence-corrected chi connectivity index (χ2v) is 7.80. The van der Waals surface area contributed by atoms with E-state index in [1.54, 1.807) is 12.1 Å². The van der Waals surface area contributed by atoms with E-state index in [1.807, 2.05) is 24.3 Å². The standard InChI is InChI=1S/C24H30F2N2O4/c1-28(20-9-12-30-13-10-20)11-14-31-22-4-2-3-19(15-22)17-27-23(29)16-18-5-7-21(8-6-18)32-24(25)26/h2-8,15,20,24H,9-14,16-17H2,1H3,(H,27,29). The second kappa shape index (κ2) is 12.4. The van der Waals surface area contributed by atoms with Gasteiger partial charge >= 0.3 is 6.61 Å². The predicted octanol–water partition coefficient (Wildman–Crippen LogP) is 3.64. The highest BCUT2D eigenvalue weighted by molar-refractivity contribution is 5.78. The molecule has 8 heteroatoms. The van der Waals surface area contributed by atoms with Crippen LogP contribution in [0.2, 0.25) is 0 Å². The number of rotatable bonds is 11. The molecule has 174 valence electrons. The summed E-state index contributed by atoms with van der Waals surface area (Å²) in [7, 11) is 2.12. The lowest BCUT2D eigenvalue weighted by Crippen LogP contribution is -2.38. The summed E-state index contributed by atoms with van der Waals surface area (Å²) in [6.45, 7) is 0.591. The number of alkyl halides is 2. The number of hydrogen-bond acceptors (Lipinski definition) is 5. The molecule has 1 aliphatic heterocycles. The molecule has 0 aliphatic carbocycles. The number of nitrogens with one attached hydrogen (secondary N) is 1. The lowest BCUT2D eigenvalue weighted by molar-refractivity contribution is -0.120. The fourth-order valence-electron chi connectivity index (χ4n) is 3.60. The van der Waals surface area contributed by atoms with Crippen LogP contribution in [0.4, 0.5) is 8.78 Å². The highest BCUT2D eigenvalue weighted by atomic mass is 19.3. The molecule has 1 heterocycles. The molecule has 0 atom stereocenters. The van der Waals surface area contributed by atoms with E-state index in [1.165, 1.54) is 12.1 Å². The molecular weight excluding hydrogens is 418 g/mol. The van der Waals surface area contributed by atoms with E-state index in [9.17, 15) is 13.6 Å². The Bertz CT molecular complexity index is 842. The SMILES string of the molecule is CN(CCOc1cccc(CNC(=O)Cc2ccc(OC(F)F)cc2)c1)C1CCOCC1. The van der Waals surface area contributed by atoms with E-state index in [0.717, 1.165) is 49.5 Å². The van der Waals surface area contributed by atoms with Crippen molar-refractivity contribution in [2.24, 2.45) is 0 Å². The van der Waals surface area contributed by atoms with Crippen molar-refractivity contribution in [2.45, 2.75) is 38.5 Å². The minimum Gasteiger partial charge on any atom is -0.492 e. The number of hydrogen-bond donors (Lipinski definition) is 1. The summed E-state index contributed by atoms with van der Waals surface area (Å²) in [5, 5.41) is 2.87. The van der Waals surface area contributed by atoms with Gasteiger partial charge < -0.3 is 19.5 Å². The summed E-state index contributed by atoms with van der Waals surface area (Å²) in [5.74, 6) is 0.684. The van der Waals surface area contributed by atoms with Gasteiger partial charge in [0.05, 0.1) is 6.42 Å². The lowest BCUT2D eigenvalue weighted by Gasteiger charge is -2.31. The molecule has 1 N–H and O–H groups in total. The van der Waals surface area contributed by atoms with Crippen LogP contribution >= 0.6 is 0 Å². The van der Waals surface area contributed by atoms with Crippen molar-refractivity contribution in [2.75, 3.05) is 33.4 Å². The van der Waals surface area contributed by atoms with Gasteiger partial charge in [0, 0.05) is 32.3 Å². The largest absolute Gasteiger partial charge is 0.492 e. The molecule has 1 fully saturated rings. The van der Waals surface area contributed by atoms with Crippen molar-refractivity contribution >= 4 is 5.91 Å². The van der Waals surface area contributed by atoms with Crippen molar-refractivity contribution in [3.8, 4) is 11.5 Å². The normalized spacial score (nSPS) is 14.5. The van der Waals surface area contributed by atoms with Gasteiger partial charge in [0.2, 0.25) is 5.91 Å². The molecule has 2 aromatic carbocycles. The zero-order valence-electron chi connectivity index (χ0n) is 18.3. The summed E-state index contributed by atoms with van der Waals surface area (Å²) >= 11 is 0. The average Bonchev–Trinajstić information content (AvgIpc) is 2.79. The third-order valence-electron chi connectivity index (χ3n) is 5.43. The summed E-state index contributed by atoms with van der Waals surface area (Å²) in [4.78, 5) is 14.5. The van der Waals surface area contributed by atoms with Crippen LogP contribution in [0, 0.1) is 0 Å². The molecule has 6 nitrogen and oxygen atoms in total. The van der Waals surface area contributed by atoms with E-state index in [4.69, 9.17) is 9.47 Å². The molecule has 32 heavy (non-hydrogen) atoms. The zero-order valence-corrected chi connectivity index (χ0v) is 18.3. The molecule has 0 saturated carbocycles. The molecule has 1 saturated heterocycles. The van der Waals surface area contributed by atoms with Crippen molar-refractivity contribution in [3.63, 3.8) is 0 Å². The first kappa shape index (κ1) is 23.9. The van der Waals surface area contributed by atoms with E-state index in [-0.39, 0.29) is 18.1 Å². The molecule has 1 aliphatic rings. The van der Waals surface area contributed by atoms with Crippen LogP contribution in [0.3, 0.4) is 0 Å². The van der Waals surface area contributed by atoms with Crippen molar-refractivity contribution in [1.82, 2.24) is 10.2 Å². The molecule has 2 aromatic rings. The number of carbonyl (C=O) groups excluding carboxylic acids is 1. The number of amides is 1. The molecule has 0 bridgehead atoms. The molecule has 3 rings (SSSR count). The first-order chi connectivity index (χ1) is 15.5. The Morgan fingerprint density at radius 1 is 1.12 bits per heavy atom. The summed E-state index contributed by atoms with van der Waals surface area (Å²) < 4.78 is 40.0. The fourth-order valence-corrected chi connectivity index (χ4v) is 3.60. The number of carbonyl (C=O) groups is 1. The third-order valence-corrected chi connectivity index (χ3v) is 5.43. The van der Waals surface area contributed by atoms with Gasteiger partial charge in [-0.25, -0.2) is 0 Å². The smallest absolute Gasteiger partial charge is 0.387 e. The average molecular weight is 449 g/mol. The van der Waals surface area contributed by atoms with E-state index in [0.29, 0.717) is 19.2 Å². The van der Waals surface area contributed by atoms with Crippen LogP contribution in [0.5, 0.6) is 11.5 Å². The number of halogens is 2. The van der Waals surface area contributed by atoms with E-state index < -0.39 is 6.61 Å². The van der Waals surface area contributed by atoms with Crippen LogP contribution in [-0.4, -0.2) is 56.9 Å². The molecule has 0 unspecified atom stereocenters. The minimum absolute atomic E-state index is 0.0694. The Labute approximate surface area is 187 Å². The van der Waals surface area contributed by atoms with E-state index in [2.05, 4.69) is 22.0 Å². The van der Waals surface area contributed by atoms with Crippen LogP contribution in [0.15, 0.2) is 48.5 Å². The molecule has 0 aromatic heterocycles. The maximum absolute atomic E-state index is 12.2. The topological polar surface area (TPSA) is 60.0 Å². The van der Waals surface area contributed by atoms with Crippen molar-refractivity contribution < 1.29 is 27.8 Å². The van der Waals surface area contributed by atoms with Gasteiger partial charge in [0.25, 0.3) is 0 Å². The number of benzene rings is 2. The van der Waals surface area contributed by atoms with Crippen LogP contribution in [-0.2, 0) is 22.5 Å². The highest BCUT2D eigenvalue weighted by Gasteiger charge is 2.18. The van der Waals surface area contributed by atoms with Gasteiger partial charge in [-0.05, 0) is 55.3 Å². The lowest BCUT2D eigenvalue weighted by atomic mass is 10.1. The van der Waals surface area contributed by atoms with Crippen molar-refractivity contribution in [3.05, 3.63) is 59.7 Å². The Hall–Kier alpha value is -2.71. The van der Waals surface area contributed by atoms with Gasteiger partial charge in [-0.2, -0.15) is 8.78 Å². The van der Waals surface area contributed by atoms with Crippen LogP contribution in [0.1, 0.15) is 24.0 Å². The third kappa shape index (κ3) is 8.09. The molecule has 0 radical (unpaired) electrons. The molecule has 1 amide bonds. The first-order valence-electron chi connectivity index (χ1n) is 10.8. The van der Waals surface area contributed by atoms with Gasteiger partial charge in [-0.15, -0.1) is 0 Å². The summed E-state index contributed by atoms with van der Waals surface area (Å²) in [5.41, 5.74) is 1.66. The first-order valence-corrected chi connectivity index (χ1v) is 10.8. The van der Waals surface area contributed by atoms with Gasteiger partial charge in [0.15, 0.2) is 0 Å². The maximum Gasteiger partial charge on any atom is 0.387 e. The van der Waals surface area contributed by atoms with Crippen LogP contribution < -0.4 is 14.8 Å². The summed E-state index contributed by atoms with van der Waals surface area (Å²) in [6.07, 6.45) is 2.27. The Morgan fingerprint density at radius 2 is 1.88 bits per heavy atom. The van der Waals surface area contributed by atoms with Gasteiger partial charge in [0.1, 0.15) is 18.1 Å². The Morgan fingerprint density at radius 3 is 2.59 bits per heavy atom. The minimum atomic E-state index is -2.86. The van der Waals surface area contributed by atoms with Crippen LogP contribution in [0.25, 0.3) is 0 Å². The molecule has 0 spiro atoms. The quantitative estimate of drug-likeness (QED) is 0.569. The number of likely N-dealkylation sites (N-methyl/N-ethyl adjacent to an activating group) is 1. The predicted molar refractivity (Wildman–Crippen MR) is 117 cm³/mol. The molecular formula is C24H30F2N2O4. The summed E-state index contributed by atoms with van der Waals surface area (Å²) in [6, 6.07) is 14.3. The van der Waals surface area contributed by atoms with E-state index >= 15 is 0 Å². The zero-order chi connectivity index (χ0) is 22.8. The Kier molecular flexibility index (Phi) is 9.25. The number of nitrogens with zero attached hydrogens (tertiary/aromatic N) is 1. The second-order valence-electron chi connectivity index (χ2n) is 7.80. The highest BCUT2D eigenvalue weighted by Crippen LogP contribution is 2.17. The Balaban J connectivity index is 1.39. The number of ether oxygens (including phenoxy) is 3.